The van der Waals surface area contributed by atoms with Gasteiger partial charge in [0, 0.05) is 31.7 Å². The van der Waals surface area contributed by atoms with E-state index in [1.807, 2.05) is 43.9 Å². The van der Waals surface area contributed by atoms with Crippen molar-refractivity contribution in [1.29, 1.82) is 0 Å². The fourth-order valence-corrected chi connectivity index (χ4v) is 4.13. The second-order valence-corrected chi connectivity index (χ2v) is 8.07. The highest BCUT2D eigenvalue weighted by molar-refractivity contribution is 5.95. The predicted molar refractivity (Wildman–Crippen MR) is 115 cm³/mol. The fourth-order valence-electron chi connectivity index (χ4n) is 4.13. The fraction of sp³-hybridized carbons (Fsp3) is 0.375. The molecule has 2 heterocycles. The summed E-state index contributed by atoms with van der Waals surface area (Å²) in [4.78, 5) is 22.2. The first-order chi connectivity index (χ1) is 14.5. The second-order valence-electron chi connectivity index (χ2n) is 8.07. The minimum atomic E-state index is -0.136. The van der Waals surface area contributed by atoms with E-state index in [2.05, 4.69) is 45.4 Å². The Hall–Kier alpha value is -2.99. The van der Waals surface area contributed by atoms with Crippen molar-refractivity contribution in [3.63, 3.8) is 0 Å². The highest BCUT2D eigenvalue weighted by Gasteiger charge is 2.33. The maximum absolute atomic E-state index is 13.4. The highest BCUT2D eigenvalue weighted by atomic mass is 16.5. The zero-order valence-electron chi connectivity index (χ0n) is 17.8. The molecule has 0 N–H and O–H groups in total. The first kappa shape index (κ1) is 20.3. The van der Waals surface area contributed by atoms with E-state index in [0.717, 1.165) is 36.2 Å². The van der Waals surface area contributed by atoms with E-state index in [-0.39, 0.29) is 11.9 Å². The van der Waals surface area contributed by atoms with E-state index >= 15 is 0 Å². The van der Waals surface area contributed by atoms with Crippen molar-refractivity contribution in [1.82, 2.24) is 19.9 Å². The summed E-state index contributed by atoms with van der Waals surface area (Å²) in [6, 6.07) is 16.2. The zero-order valence-corrected chi connectivity index (χ0v) is 17.8. The van der Waals surface area contributed by atoms with Crippen molar-refractivity contribution in [3.05, 3.63) is 82.5 Å². The van der Waals surface area contributed by atoms with Crippen LogP contribution in [0.15, 0.2) is 53.1 Å². The molecule has 1 aliphatic rings. The molecule has 0 radical (unpaired) electrons. The van der Waals surface area contributed by atoms with Crippen molar-refractivity contribution < 1.29 is 9.32 Å². The predicted octanol–water partition coefficient (Wildman–Crippen LogP) is 4.08. The molecule has 0 spiro atoms. The lowest BCUT2D eigenvalue weighted by Crippen LogP contribution is -2.38. The Morgan fingerprint density at radius 1 is 1.10 bits per heavy atom. The molecule has 0 bridgehead atoms. The van der Waals surface area contributed by atoms with Gasteiger partial charge in [-0.3, -0.25) is 9.69 Å². The summed E-state index contributed by atoms with van der Waals surface area (Å²) in [5.74, 6) is 1.25. The van der Waals surface area contributed by atoms with E-state index in [1.165, 1.54) is 5.56 Å². The lowest BCUT2D eigenvalue weighted by Gasteiger charge is -2.29. The van der Waals surface area contributed by atoms with Gasteiger partial charge in [0.15, 0.2) is 5.82 Å². The van der Waals surface area contributed by atoms with E-state index < -0.39 is 0 Å². The second kappa shape index (κ2) is 8.79. The molecule has 0 aliphatic carbocycles. The van der Waals surface area contributed by atoms with Gasteiger partial charge >= 0.3 is 0 Å². The van der Waals surface area contributed by atoms with Gasteiger partial charge in [0.1, 0.15) is 6.04 Å². The van der Waals surface area contributed by atoms with Crippen molar-refractivity contribution in [2.24, 2.45) is 0 Å². The zero-order chi connectivity index (χ0) is 21.1. The van der Waals surface area contributed by atoms with Crippen LogP contribution in [0.3, 0.4) is 0 Å². The average molecular weight is 405 g/mol. The van der Waals surface area contributed by atoms with Crippen molar-refractivity contribution in [3.8, 4) is 0 Å². The monoisotopic (exact) mass is 404 g/mol. The Bertz CT molecular complexity index is 1020. The molecule has 1 saturated heterocycles. The summed E-state index contributed by atoms with van der Waals surface area (Å²) in [5.41, 5.74) is 4.16. The first-order valence-electron chi connectivity index (χ1n) is 10.5. The van der Waals surface area contributed by atoms with Gasteiger partial charge in [-0.05, 0) is 44.4 Å². The number of rotatable bonds is 4. The van der Waals surface area contributed by atoms with Crippen LogP contribution in [0.5, 0.6) is 0 Å². The number of hydrogen-bond donors (Lipinski definition) is 0. The average Bonchev–Trinajstić information content (AvgIpc) is 3.05. The SMILES string of the molecule is Cc1ccc(C(=O)N2CCCN(Cc3ccccc3)C(c3nc(C)no3)C2)c(C)c1. The molecular weight excluding hydrogens is 376 g/mol. The summed E-state index contributed by atoms with van der Waals surface area (Å²) < 4.78 is 5.56. The van der Waals surface area contributed by atoms with Crippen molar-refractivity contribution in [2.75, 3.05) is 19.6 Å². The maximum Gasteiger partial charge on any atom is 0.254 e. The number of hydrogen-bond acceptors (Lipinski definition) is 5. The minimum Gasteiger partial charge on any atom is -0.338 e. The molecule has 1 atom stereocenters. The first-order valence-corrected chi connectivity index (χ1v) is 10.5. The molecular formula is C24H28N4O2. The standard InChI is InChI=1S/C24H28N4O2/c1-17-10-11-21(18(2)14-17)24(29)28-13-7-12-27(15-20-8-5-4-6-9-20)22(16-28)23-25-19(3)26-30-23/h4-6,8-11,14,22H,7,12-13,15-16H2,1-3H3. The Labute approximate surface area is 177 Å². The topological polar surface area (TPSA) is 62.5 Å². The number of nitrogens with zero attached hydrogens (tertiary/aromatic N) is 4. The Morgan fingerprint density at radius 2 is 1.90 bits per heavy atom. The van der Waals surface area contributed by atoms with Gasteiger partial charge in [-0.1, -0.05) is 53.2 Å². The smallest absolute Gasteiger partial charge is 0.254 e. The number of amides is 1. The number of aromatic nitrogens is 2. The Morgan fingerprint density at radius 3 is 2.60 bits per heavy atom. The largest absolute Gasteiger partial charge is 0.338 e. The van der Waals surface area contributed by atoms with Gasteiger partial charge in [-0.15, -0.1) is 0 Å². The molecule has 1 aliphatic heterocycles. The van der Waals surface area contributed by atoms with Gasteiger partial charge < -0.3 is 9.42 Å². The van der Waals surface area contributed by atoms with Gasteiger partial charge in [0.05, 0.1) is 0 Å². The third kappa shape index (κ3) is 4.44. The molecule has 156 valence electrons. The Kier molecular flexibility index (Phi) is 5.95. The van der Waals surface area contributed by atoms with Gasteiger partial charge in [-0.25, -0.2) is 0 Å². The van der Waals surface area contributed by atoms with Crippen LogP contribution in [0.25, 0.3) is 0 Å². The summed E-state index contributed by atoms with van der Waals surface area (Å²) >= 11 is 0. The molecule has 6 nitrogen and oxygen atoms in total. The number of aryl methyl sites for hydroxylation is 3. The van der Waals surface area contributed by atoms with Crippen LogP contribution < -0.4 is 0 Å². The summed E-state index contributed by atoms with van der Waals surface area (Å²) in [6.07, 6.45) is 0.896. The van der Waals surface area contributed by atoms with Gasteiger partial charge in [0.2, 0.25) is 5.89 Å². The van der Waals surface area contributed by atoms with Crippen LogP contribution in [0, 0.1) is 20.8 Å². The summed E-state index contributed by atoms with van der Waals surface area (Å²) in [5, 5.41) is 4.00. The lowest BCUT2D eigenvalue weighted by molar-refractivity contribution is 0.0710. The third-order valence-electron chi connectivity index (χ3n) is 5.66. The van der Waals surface area contributed by atoms with E-state index in [9.17, 15) is 4.79 Å². The maximum atomic E-state index is 13.4. The minimum absolute atomic E-state index is 0.0651. The summed E-state index contributed by atoms with van der Waals surface area (Å²) in [7, 11) is 0. The van der Waals surface area contributed by atoms with Crippen molar-refractivity contribution >= 4 is 5.91 Å². The molecule has 2 aromatic carbocycles. The van der Waals surface area contributed by atoms with E-state index in [4.69, 9.17) is 4.52 Å². The van der Waals surface area contributed by atoms with Crippen LogP contribution in [0.2, 0.25) is 0 Å². The van der Waals surface area contributed by atoms with Crippen LogP contribution in [-0.2, 0) is 6.54 Å². The third-order valence-corrected chi connectivity index (χ3v) is 5.66. The quantitative estimate of drug-likeness (QED) is 0.656. The number of carbonyl (C=O) groups is 1. The van der Waals surface area contributed by atoms with Crippen LogP contribution in [-0.4, -0.2) is 45.5 Å². The molecule has 1 unspecified atom stereocenters. The van der Waals surface area contributed by atoms with Crippen LogP contribution in [0.4, 0.5) is 0 Å². The molecule has 0 saturated carbocycles. The highest BCUT2D eigenvalue weighted by Crippen LogP contribution is 2.27. The molecule has 3 aromatic rings. The normalized spacial score (nSPS) is 17.7. The van der Waals surface area contributed by atoms with E-state index in [1.54, 1.807) is 0 Å². The van der Waals surface area contributed by atoms with Crippen molar-refractivity contribution in [2.45, 2.75) is 39.8 Å². The van der Waals surface area contributed by atoms with E-state index in [0.29, 0.717) is 24.8 Å². The van der Waals surface area contributed by atoms with Gasteiger partial charge in [0.25, 0.3) is 5.91 Å². The molecule has 1 amide bonds. The molecule has 30 heavy (non-hydrogen) atoms. The Balaban J connectivity index is 1.62. The molecule has 1 fully saturated rings. The summed E-state index contributed by atoms with van der Waals surface area (Å²) in [6.45, 7) is 8.74. The molecule has 6 heteroatoms. The molecule has 1 aromatic heterocycles. The van der Waals surface area contributed by atoms with Crippen LogP contribution >= 0.6 is 0 Å². The molecule has 4 rings (SSSR count). The number of carbonyl (C=O) groups excluding carboxylic acids is 1. The van der Waals surface area contributed by atoms with Crippen LogP contribution in [0.1, 0.15) is 51.2 Å². The lowest BCUT2D eigenvalue weighted by atomic mass is 10.0. The van der Waals surface area contributed by atoms with Gasteiger partial charge in [-0.2, -0.15) is 4.98 Å². The number of benzene rings is 2.